The molecule has 43 heteroatoms. The summed E-state index contributed by atoms with van der Waals surface area (Å²) in [4.78, 5) is 257. The number of carboxylic acids is 1. The van der Waals surface area contributed by atoms with Gasteiger partial charge in [-0.2, -0.15) is 0 Å². The van der Waals surface area contributed by atoms with E-state index in [0.29, 0.717) is 57.9 Å². The lowest BCUT2D eigenvalue weighted by molar-refractivity contribution is -0.152. The smallest absolute Gasteiger partial charge is 0.305 e. The van der Waals surface area contributed by atoms with Crippen LogP contribution in [-0.2, 0) is 114 Å². The molecule has 6 aromatic rings. The number of fused-ring (bicyclic) bond motifs is 3. The number of unbranched alkanes of at least 4 members (excludes halogenated alkanes) is 1. The van der Waals surface area contributed by atoms with Crippen molar-refractivity contribution in [2.24, 2.45) is 23.1 Å². The van der Waals surface area contributed by atoms with Gasteiger partial charge in [-0.05, 0) is 83.5 Å². The Hall–Kier alpha value is -13.6. The average Bonchev–Trinajstić information content (AvgIpc) is 1.76. The number of aromatic hydroxyl groups is 1. The van der Waals surface area contributed by atoms with Crippen LogP contribution in [0.4, 0.5) is 13.2 Å². The maximum Gasteiger partial charge on any atom is 0.305 e. The summed E-state index contributed by atoms with van der Waals surface area (Å²) in [5.74, 6) is -27.1. The molecule has 3 aliphatic rings. The van der Waals surface area contributed by atoms with Gasteiger partial charge in [-0.15, -0.1) is 11.8 Å². The second kappa shape index (κ2) is 48.0. The van der Waals surface area contributed by atoms with Crippen LogP contribution in [-0.4, -0.2) is 300 Å². The predicted molar refractivity (Wildman–Crippen MR) is 475 cm³/mol. The van der Waals surface area contributed by atoms with E-state index in [1.54, 1.807) is 91.9 Å². The number of para-hydroxylation sites is 1. The van der Waals surface area contributed by atoms with Crippen molar-refractivity contribution in [3.63, 3.8) is 0 Å². The maximum atomic E-state index is 15.7. The number of aromatic amines is 1. The van der Waals surface area contributed by atoms with E-state index >= 15 is 51.9 Å². The first-order valence-electron chi connectivity index (χ1n) is 43.2. The van der Waals surface area contributed by atoms with Gasteiger partial charge in [0.05, 0.1) is 37.3 Å². The molecule has 9 rings (SSSR count). The summed E-state index contributed by atoms with van der Waals surface area (Å²) in [6.07, 6.45) is -6.92. The molecule has 5 aromatic carbocycles. The Morgan fingerprint density at radius 1 is 0.511 bits per heavy atom. The molecular formula is C90H113F3N18O21S. The number of aliphatic hydroxyl groups is 2. The van der Waals surface area contributed by atoms with Crippen molar-refractivity contribution in [3.05, 3.63) is 173 Å². The van der Waals surface area contributed by atoms with Crippen molar-refractivity contribution in [3.8, 4) is 5.75 Å². The van der Waals surface area contributed by atoms with E-state index in [1.807, 2.05) is 0 Å². The number of amides is 16. The number of carbonyl (C=O) groups is 17. The highest BCUT2D eigenvalue weighted by atomic mass is 32.2. The molecule has 0 saturated carbocycles. The Morgan fingerprint density at radius 2 is 1.02 bits per heavy atom. The third kappa shape index (κ3) is 28.3. The molecule has 1 aromatic heterocycles. The lowest BCUT2D eigenvalue weighted by Crippen LogP contribution is -2.62. The molecule has 39 nitrogen and oxygen atoms in total. The molecule has 133 heavy (non-hydrogen) atoms. The minimum atomic E-state index is -2.08. The molecular weight excluding hydrogens is 1760 g/mol. The third-order valence-corrected chi connectivity index (χ3v) is 24.3. The summed E-state index contributed by atoms with van der Waals surface area (Å²) in [5.41, 5.74) is 18.9. The van der Waals surface area contributed by atoms with E-state index in [4.69, 9.17) is 17.2 Å². The number of likely N-dealkylation sites (N-methyl/N-ethyl adjacent to an activating group) is 3. The zero-order chi connectivity index (χ0) is 97.4. The number of hydrogen-bond acceptors (Lipinski definition) is 22. The van der Waals surface area contributed by atoms with Crippen LogP contribution in [0.2, 0.25) is 0 Å². The highest BCUT2D eigenvalue weighted by molar-refractivity contribution is 8.00. The quantitative estimate of drug-likeness (QED) is 0.0308. The summed E-state index contributed by atoms with van der Waals surface area (Å²) in [5, 5.41) is 66.6. The van der Waals surface area contributed by atoms with Gasteiger partial charge in [0.15, 0.2) is 17.5 Å². The minimum Gasteiger partial charge on any atom is -0.508 e. The number of phenols is 1. The standard InChI is InChI=1S/C90H113F3N18O21S/c1-7-8-23-67-89(131)111-44-55(114)38-70(111)85(127)103-63(40-75(118)119)82(124)106-77(47(2)3)90(132)108(5)68(34-48-17-11-9-12-18-48)83(125)104-65(39-72(95)115)87(129)110-43-54(113)37-69(110)84(126)102-62(36-52-41-97-59-22-16-15-21-56(52)59)81(123)101-61(32-50-24-26-53(112)27-25-50)80(122)100-60(28-29-94)79(121)105-66(78(120)98-42-73(96)116)45-133-46-74(117)99-64(33-51-30-57(91)76(93)58(92)31-51)86(128)109(6)71(88(130)107(67)4)35-49-19-13-10-14-20-49/h9-22,24-27,30-31,41,47,54-55,60-71,77,97,112-114H,7-8,23,28-29,32-40,42-46,94H2,1-6H3,(H2,95,115)(H2,96,116)(H,98,120)(H,99,117)(H,100,122)(H,101,123)(H,102,126)(H,103,127)(H,104,125)(H,105,121)(H,106,124)(H,118,119)/t54-,55-,60+,61+,62+,63+,64+,65+,66+,67+,68+,69+,70-,71+,77+/m1/s1. The zero-order valence-electron chi connectivity index (χ0n) is 74.0. The van der Waals surface area contributed by atoms with Crippen LogP contribution in [0, 0.1) is 23.4 Å². The molecule has 15 atom stereocenters. The molecule has 4 heterocycles. The van der Waals surface area contributed by atoms with Crippen LogP contribution in [0.3, 0.4) is 0 Å². The number of primary amides is 2. The first-order valence-corrected chi connectivity index (χ1v) is 44.4. The molecule has 20 N–H and O–H groups in total. The van der Waals surface area contributed by atoms with Gasteiger partial charge in [0.2, 0.25) is 94.5 Å². The largest absolute Gasteiger partial charge is 0.508 e. The van der Waals surface area contributed by atoms with E-state index in [0.717, 1.165) is 38.6 Å². The van der Waals surface area contributed by atoms with Crippen LogP contribution in [0.15, 0.2) is 128 Å². The maximum absolute atomic E-state index is 15.7. The summed E-state index contributed by atoms with van der Waals surface area (Å²) in [6, 6.07) is 6.29. The number of hydrogen-bond donors (Lipinski definition) is 17. The van der Waals surface area contributed by atoms with Crippen molar-refractivity contribution in [1.29, 1.82) is 0 Å². The number of nitrogens with two attached hydrogens (primary N) is 3. The molecule has 0 unspecified atom stereocenters. The van der Waals surface area contributed by atoms with Gasteiger partial charge in [0.25, 0.3) is 0 Å². The Bertz CT molecular complexity index is 5220. The second-order valence-electron chi connectivity index (χ2n) is 33.5. The van der Waals surface area contributed by atoms with Gasteiger partial charge in [-0.3, -0.25) is 81.5 Å². The summed E-state index contributed by atoms with van der Waals surface area (Å²) in [6.45, 7) is 2.32. The second-order valence-corrected chi connectivity index (χ2v) is 34.5. The van der Waals surface area contributed by atoms with Gasteiger partial charge < -0.3 is 115 Å². The fraction of sp³-hybridized carbons (Fsp3) is 0.456. The van der Waals surface area contributed by atoms with Crippen molar-refractivity contribution >= 4 is 123 Å². The Morgan fingerprint density at radius 3 is 1.59 bits per heavy atom. The molecule has 716 valence electrons. The normalized spacial score (nSPS) is 24.7. The number of phenolic OH excluding ortho intramolecular Hbond substituents is 1. The molecule has 3 aliphatic heterocycles. The number of aromatic nitrogens is 1. The van der Waals surface area contributed by atoms with E-state index < -0.39 is 296 Å². The Labute approximate surface area is 767 Å². The predicted octanol–water partition coefficient (Wildman–Crippen LogP) is -2.02. The third-order valence-electron chi connectivity index (χ3n) is 23.2. The SMILES string of the molecule is CCCC[C@H]1C(=O)N2C[C@H](O)C[C@@H]2C(=O)N[C@@H](CC(=O)O)C(=O)N[C@@H](C(C)C)C(=O)N(C)[C@@H](Cc2ccccc2)C(=O)N[C@@H](CC(N)=O)C(=O)N2C[C@H](O)C[C@H]2C(=O)N[C@@H](Cc2c[nH]c3ccccc23)C(=O)N[C@@H](Cc2ccc(O)cc2)C(=O)N[C@@H](CCN)C(=O)N[C@H](C(=O)NCC(N)=O)CSCC(=O)N[C@@H](Cc2cc(F)c(F)c(F)c2)C(=O)N(C)[C@@H](Cc2ccccc2)C(=O)N1C. The number of aliphatic hydroxyl groups excluding tert-OH is 2. The number of carboxylic acid groups (broad SMARTS) is 1. The fourth-order valence-corrected chi connectivity index (χ4v) is 16.9. The van der Waals surface area contributed by atoms with E-state index in [2.05, 4.69) is 52.8 Å². The van der Waals surface area contributed by atoms with Crippen LogP contribution in [0.5, 0.6) is 5.75 Å². The van der Waals surface area contributed by atoms with E-state index in [9.17, 15) is 63.2 Å². The lowest BCUT2D eigenvalue weighted by Gasteiger charge is -2.38. The molecule has 0 radical (unpaired) electrons. The molecule has 0 bridgehead atoms. The van der Waals surface area contributed by atoms with Gasteiger partial charge >= 0.3 is 5.97 Å². The van der Waals surface area contributed by atoms with Crippen molar-refractivity contribution < 1.29 is 115 Å². The van der Waals surface area contributed by atoms with Gasteiger partial charge in [0.1, 0.15) is 84.3 Å². The minimum absolute atomic E-state index is 0.152. The van der Waals surface area contributed by atoms with Crippen molar-refractivity contribution in [1.82, 2.24) is 77.3 Å². The molecule has 0 spiro atoms. The Kier molecular flexibility index (Phi) is 37.3. The number of thioether (sulfide) groups is 1. The summed E-state index contributed by atoms with van der Waals surface area (Å²) in [7, 11) is 3.52. The number of nitrogens with one attached hydrogen (secondary N) is 10. The average molecular weight is 1870 g/mol. The molecule has 16 amide bonds. The number of rotatable bonds is 23. The lowest BCUT2D eigenvalue weighted by atomic mass is 9.98. The number of benzene rings is 5. The number of carbonyl (C=O) groups excluding carboxylic acids is 16. The van der Waals surface area contributed by atoms with Crippen LogP contribution in [0.1, 0.15) is 100.0 Å². The highest BCUT2D eigenvalue weighted by Crippen LogP contribution is 2.29. The van der Waals surface area contributed by atoms with Crippen molar-refractivity contribution in [2.75, 3.05) is 58.8 Å². The molecule has 0 aliphatic carbocycles. The van der Waals surface area contributed by atoms with Crippen LogP contribution < -0.4 is 65.1 Å². The summed E-state index contributed by atoms with van der Waals surface area (Å²) >= 11 is 0.616. The van der Waals surface area contributed by atoms with E-state index in [1.165, 1.54) is 51.4 Å². The number of nitrogens with zero attached hydrogens (tertiary/aromatic N) is 5. The fourth-order valence-electron chi connectivity index (χ4n) is 16.1. The number of aliphatic carboxylic acids is 1. The first kappa shape index (κ1) is 103. The van der Waals surface area contributed by atoms with Crippen LogP contribution in [0.25, 0.3) is 10.9 Å². The van der Waals surface area contributed by atoms with Gasteiger partial charge in [-0.25, -0.2) is 13.2 Å². The van der Waals surface area contributed by atoms with Gasteiger partial charge in [0, 0.05) is 102 Å². The van der Waals surface area contributed by atoms with Gasteiger partial charge in [-0.1, -0.05) is 125 Å². The summed E-state index contributed by atoms with van der Waals surface area (Å²) < 4.78 is 45.0. The number of H-pyrrole nitrogens is 1. The molecule has 3 fully saturated rings. The topological polar surface area (TPSA) is 589 Å². The monoisotopic (exact) mass is 1870 g/mol. The van der Waals surface area contributed by atoms with E-state index in [-0.39, 0.29) is 50.0 Å². The Balaban J connectivity index is 1.14. The first-order chi connectivity index (χ1) is 63.1. The number of halogens is 3. The zero-order valence-corrected chi connectivity index (χ0v) is 74.9. The highest BCUT2D eigenvalue weighted by Gasteiger charge is 2.48. The van der Waals surface area contributed by atoms with Crippen molar-refractivity contribution in [2.45, 2.75) is 195 Å². The molecule has 3 saturated heterocycles. The van der Waals surface area contributed by atoms with Crippen LogP contribution >= 0.6 is 11.8 Å².